The van der Waals surface area contributed by atoms with Gasteiger partial charge in [0.25, 0.3) is 0 Å². The van der Waals surface area contributed by atoms with Crippen LogP contribution in [0.3, 0.4) is 0 Å². The molecule has 0 amide bonds. The average molecular weight is 427 g/mol. The lowest BCUT2D eigenvalue weighted by atomic mass is 10.0. The molecule has 2 rings (SSSR count). The molecule has 0 aromatic heterocycles. The van der Waals surface area contributed by atoms with Crippen LogP contribution in [0.15, 0.2) is 29.2 Å². The van der Waals surface area contributed by atoms with Crippen molar-refractivity contribution in [1.82, 2.24) is 9.62 Å². The number of nitrogens with one attached hydrogen (secondary N) is 1. The molecule has 2 N–H and O–H groups in total. The zero-order chi connectivity index (χ0) is 20.9. The van der Waals surface area contributed by atoms with Crippen LogP contribution in [0.25, 0.3) is 0 Å². The van der Waals surface area contributed by atoms with Crippen LogP contribution >= 0.6 is 11.8 Å². The highest BCUT2D eigenvalue weighted by atomic mass is 32.2. The first kappa shape index (κ1) is 22.6. The molecule has 0 bridgehead atoms. The maximum absolute atomic E-state index is 13.1. The Kier molecular flexibility index (Phi) is 7.39. The molecule has 0 spiro atoms. The molecular weight excluding hydrogens is 400 g/mol. The summed E-state index contributed by atoms with van der Waals surface area (Å²) >= 11 is 1.46. The van der Waals surface area contributed by atoms with Crippen molar-refractivity contribution in [3.05, 3.63) is 24.3 Å². The largest absolute Gasteiger partial charge is 0.481 e. The molecule has 1 aromatic carbocycles. The van der Waals surface area contributed by atoms with Gasteiger partial charge in [-0.3, -0.25) is 4.79 Å². The van der Waals surface area contributed by atoms with Crippen molar-refractivity contribution in [2.24, 2.45) is 0 Å². The van der Waals surface area contributed by atoms with Crippen LogP contribution in [0.2, 0.25) is 0 Å². The Hall–Kier alpha value is -1.73. The highest BCUT2D eigenvalue weighted by Gasteiger charge is 2.48. The van der Waals surface area contributed by atoms with Gasteiger partial charge in [-0.1, -0.05) is 11.8 Å². The van der Waals surface area contributed by atoms with Gasteiger partial charge in [0.1, 0.15) is 18.4 Å². The van der Waals surface area contributed by atoms with Crippen molar-refractivity contribution in [3.8, 4) is 17.6 Å². The Bertz CT molecular complexity index is 857. The van der Waals surface area contributed by atoms with E-state index in [9.17, 15) is 18.3 Å². The van der Waals surface area contributed by atoms with Gasteiger partial charge < -0.3 is 15.2 Å². The molecule has 0 aliphatic carbocycles. The third kappa shape index (κ3) is 5.20. The zero-order valence-corrected chi connectivity index (χ0v) is 18.1. The first-order chi connectivity index (χ1) is 13.1. The maximum atomic E-state index is 13.1. The van der Waals surface area contributed by atoms with Crippen molar-refractivity contribution < 1.29 is 23.1 Å². The van der Waals surface area contributed by atoms with Gasteiger partial charge in [0.15, 0.2) is 0 Å². The monoisotopic (exact) mass is 426 g/mol. The van der Waals surface area contributed by atoms with Gasteiger partial charge in [0.2, 0.25) is 10.0 Å². The molecule has 7 nitrogen and oxygen atoms in total. The van der Waals surface area contributed by atoms with Gasteiger partial charge in [-0.15, -0.1) is 0 Å². The van der Waals surface area contributed by atoms with Crippen molar-refractivity contribution in [1.29, 1.82) is 0 Å². The number of nitrogens with zero attached hydrogens (tertiary/aromatic N) is 1. The summed E-state index contributed by atoms with van der Waals surface area (Å²) in [5.74, 6) is 5.73. The second kappa shape index (κ2) is 9.18. The molecule has 1 aromatic rings. The predicted molar refractivity (Wildman–Crippen MR) is 110 cm³/mol. The van der Waals surface area contributed by atoms with Crippen LogP contribution in [-0.4, -0.2) is 66.6 Å². The standard InChI is InChI=1S/C19H26N2O5S2/c1-14(20-4)6-5-12-26-15-7-9-16(10-8-15)28(24,25)21-11-13-27-19(2,3)17(21)18(22)23/h7-10,14,17,20H,11-13H2,1-4H3,(H,22,23). The molecule has 2 atom stereocenters. The zero-order valence-electron chi connectivity index (χ0n) is 16.4. The molecule has 0 saturated carbocycles. The summed E-state index contributed by atoms with van der Waals surface area (Å²) in [6.45, 7) is 5.79. The number of ether oxygens (including phenoxy) is 1. The van der Waals surface area contributed by atoms with Crippen molar-refractivity contribution >= 4 is 27.8 Å². The maximum Gasteiger partial charge on any atom is 0.323 e. The van der Waals surface area contributed by atoms with Crippen LogP contribution in [0.4, 0.5) is 0 Å². The molecule has 1 aliphatic heterocycles. The number of carboxylic acids is 1. The quantitative estimate of drug-likeness (QED) is 0.668. The van der Waals surface area contributed by atoms with E-state index in [1.807, 2.05) is 14.0 Å². The topological polar surface area (TPSA) is 95.9 Å². The predicted octanol–water partition coefficient (Wildman–Crippen LogP) is 1.65. The van der Waals surface area contributed by atoms with Gasteiger partial charge in [0, 0.05) is 17.0 Å². The van der Waals surface area contributed by atoms with Crippen LogP contribution < -0.4 is 10.1 Å². The molecule has 0 radical (unpaired) electrons. The lowest BCUT2D eigenvalue weighted by Crippen LogP contribution is -2.58. The number of hydrogen-bond donors (Lipinski definition) is 2. The molecule has 154 valence electrons. The second-order valence-corrected chi connectivity index (χ2v) is 10.5. The summed E-state index contributed by atoms with van der Waals surface area (Å²) in [5.41, 5.74) is 0. The van der Waals surface area contributed by atoms with Crippen LogP contribution in [0, 0.1) is 11.8 Å². The fraction of sp³-hybridized carbons (Fsp3) is 0.526. The minimum Gasteiger partial charge on any atom is -0.481 e. The normalized spacial score (nSPS) is 20.6. The van der Waals surface area contributed by atoms with Crippen molar-refractivity contribution in [2.75, 3.05) is 26.0 Å². The van der Waals surface area contributed by atoms with Crippen molar-refractivity contribution in [2.45, 2.75) is 42.5 Å². The smallest absolute Gasteiger partial charge is 0.323 e. The van der Waals surface area contributed by atoms with E-state index in [1.165, 1.54) is 23.9 Å². The number of hydrogen-bond acceptors (Lipinski definition) is 6. The highest BCUT2D eigenvalue weighted by molar-refractivity contribution is 8.00. The van der Waals surface area contributed by atoms with Gasteiger partial charge >= 0.3 is 5.97 Å². The number of benzene rings is 1. The Morgan fingerprint density at radius 3 is 2.64 bits per heavy atom. The number of carboxylic acid groups (broad SMARTS) is 1. The van der Waals surface area contributed by atoms with E-state index < -0.39 is 26.8 Å². The van der Waals surface area contributed by atoms with Crippen LogP contribution in [0.1, 0.15) is 20.8 Å². The Morgan fingerprint density at radius 1 is 1.43 bits per heavy atom. The first-order valence-electron chi connectivity index (χ1n) is 8.86. The number of carbonyl (C=O) groups is 1. The van der Waals surface area contributed by atoms with E-state index in [2.05, 4.69) is 17.2 Å². The fourth-order valence-electron chi connectivity index (χ4n) is 2.86. The molecule has 9 heteroatoms. The molecule has 1 aliphatic rings. The summed E-state index contributed by atoms with van der Waals surface area (Å²) in [6.07, 6.45) is 0. The summed E-state index contributed by atoms with van der Waals surface area (Å²) in [4.78, 5) is 11.8. The average Bonchev–Trinajstić information content (AvgIpc) is 2.64. The minimum absolute atomic E-state index is 0.0451. The first-order valence-corrected chi connectivity index (χ1v) is 11.3. The Balaban J connectivity index is 2.17. The number of rotatable bonds is 6. The van der Waals surface area contributed by atoms with Gasteiger partial charge in [-0.2, -0.15) is 16.1 Å². The van der Waals surface area contributed by atoms with E-state index in [0.29, 0.717) is 11.5 Å². The summed E-state index contributed by atoms with van der Waals surface area (Å²) in [6, 6.07) is 4.90. The molecular formula is C19H26N2O5S2. The second-order valence-electron chi connectivity index (χ2n) is 6.90. The third-order valence-electron chi connectivity index (χ3n) is 4.46. The van der Waals surface area contributed by atoms with Crippen molar-refractivity contribution in [3.63, 3.8) is 0 Å². The SMILES string of the molecule is CNC(C)C#CCOc1ccc(S(=O)(=O)N2CCSC(C)(C)C2C(=O)O)cc1. The third-order valence-corrected chi connectivity index (χ3v) is 7.69. The van der Waals surface area contributed by atoms with E-state index in [1.54, 1.807) is 26.0 Å². The summed E-state index contributed by atoms with van der Waals surface area (Å²) in [7, 11) is -2.12. The van der Waals surface area contributed by atoms with E-state index >= 15 is 0 Å². The molecule has 28 heavy (non-hydrogen) atoms. The van der Waals surface area contributed by atoms with Crippen LogP contribution in [-0.2, 0) is 14.8 Å². The summed E-state index contributed by atoms with van der Waals surface area (Å²) in [5, 5.41) is 12.6. The fourth-order valence-corrected chi connectivity index (χ4v) is 5.96. The highest BCUT2D eigenvalue weighted by Crippen LogP contribution is 2.38. The number of thioether (sulfide) groups is 1. The van der Waals surface area contributed by atoms with E-state index in [-0.39, 0.29) is 24.1 Å². The van der Waals surface area contributed by atoms with E-state index in [4.69, 9.17) is 4.74 Å². The van der Waals surface area contributed by atoms with Gasteiger partial charge in [-0.05, 0) is 52.1 Å². The van der Waals surface area contributed by atoms with Crippen LogP contribution in [0.5, 0.6) is 5.75 Å². The number of aliphatic carboxylic acids is 1. The van der Waals surface area contributed by atoms with Gasteiger partial charge in [0.05, 0.1) is 10.9 Å². The molecule has 1 saturated heterocycles. The lowest BCUT2D eigenvalue weighted by Gasteiger charge is -2.42. The minimum atomic E-state index is -3.94. The Morgan fingerprint density at radius 2 is 2.07 bits per heavy atom. The van der Waals surface area contributed by atoms with Gasteiger partial charge in [-0.25, -0.2) is 8.42 Å². The Labute approximate surface area is 170 Å². The molecule has 1 heterocycles. The van der Waals surface area contributed by atoms with E-state index in [0.717, 1.165) is 4.31 Å². The number of sulfonamides is 1. The lowest BCUT2D eigenvalue weighted by molar-refractivity contribution is -0.142. The summed E-state index contributed by atoms with van der Waals surface area (Å²) < 4.78 is 32.0. The molecule has 1 fully saturated rings. The molecule has 2 unspecified atom stereocenters.